The second kappa shape index (κ2) is 8.52. The predicted molar refractivity (Wildman–Crippen MR) is 101 cm³/mol. The molecule has 1 saturated heterocycles. The number of hydrogen-bond donors (Lipinski definition) is 2. The van der Waals surface area contributed by atoms with Crippen LogP contribution in [0.1, 0.15) is 5.56 Å². The number of rotatable bonds is 5. The topological polar surface area (TPSA) is 46.0 Å². The molecule has 1 aliphatic rings. The van der Waals surface area contributed by atoms with Gasteiger partial charge in [-0.05, 0) is 30.3 Å². The fourth-order valence-electron chi connectivity index (χ4n) is 3.27. The summed E-state index contributed by atoms with van der Waals surface area (Å²) in [6, 6.07) is 12.5. The number of nitrogens with zero attached hydrogens (tertiary/aromatic N) is 1. The first kappa shape index (κ1) is 20.0. The molecule has 0 aromatic heterocycles. The summed E-state index contributed by atoms with van der Waals surface area (Å²) in [5.41, 5.74) is 0.596. The summed E-state index contributed by atoms with van der Waals surface area (Å²) in [5, 5.41) is 2.85. The van der Waals surface area contributed by atoms with Crippen molar-refractivity contribution in [3.05, 3.63) is 54.1 Å². The monoisotopic (exact) mass is 394 g/mol. The Morgan fingerprint density at radius 3 is 2.54 bits per heavy atom. The lowest BCUT2D eigenvalue weighted by molar-refractivity contribution is -0.892. The van der Waals surface area contributed by atoms with Crippen molar-refractivity contribution in [3.8, 4) is 5.75 Å². The SMILES string of the molecule is COc1cccc(NC(=O)C[NH+]2CCN(c3cccc(C(F)(F)F)c3)CC2)c1. The zero-order valence-electron chi connectivity index (χ0n) is 15.6. The van der Waals surface area contributed by atoms with Crippen LogP contribution in [-0.4, -0.2) is 45.7 Å². The van der Waals surface area contributed by atoms with Crippen LogP contribution < -0.4 is 19.9 Å². The Morgan fingerprint density at radius 1 is 1.14 bits per heavy atom. The van der Waals surface area contributed by atoms with Gasteiger partial charge < -0.3 is 19.9 Å². The maximum Gasteiger partial charge on any atom is 0.416 e. The molecule has 2 aromatic carbocycles. The first-order valence-electron chi connectivity index (χ1n) is 9.05. The molecule has 0 bridgehead atoms. The van der Waals surface area contributed by atoms with Gasteiger partial charge in [0.25, 0.3) is 5.91 Å². The van der Waals surface area contributed by atoms with Crippen LogP contribution in [0, 0.1) is 0 Å². The number of halogens is 3. The molecule has 1 amide bonds. The number of quaternary nitrogens is 1. The smallest absolute Gasteiger partial charge is 0.416 e. The Morgan fingerprint density at radius 2 is 1.86 bits per heavy atom. The van der Waals surface area contributed by atoms with Crippen molar-refractivity contribution in [2.45, 2.75) is 6.18 Å². The molecule has 3 rings (SSSR count). The zero-order chi connectivity index (χ0) is 20.1. The lowest BCUT2D eigenvalue weighted by Gasteiger charge is -2.33. The third-order valence-electron chi connectivity index (χ3n) is 4.77. The molecule has 0 saturated carbocycles. The van der Waals surface area contributed by atoms with Gasteiger partial charge in [0.05, 0.1) is 38.9 Å². The van der Waals surface area contributed by atoms with Crippen LogP contribution in [0.2, 0.25) is 0 Å². The Kier molecular flexibility index (Phi) is 6.08. The van der Waals surface area contributed by atoms with Crippen molar-refractivity contribution < 1.29 is 27.6 Å². The Labute approximate surface area is 161 Å². The third kappa shape index (κ3) is 5.16. The lowest BCUT2D eigenvalue weighted by atomic mass is 10.1. The van der Waals surface area contributed by atoms with Gasteiger partial charge in [0, 0.05) is 17.4 Å². The van der Waals surface area contributed by atoms with Crippen LogP contribution in [0.15, 0.2) is 48.5 Å². The molecular formula is C20H23F3N3O2+. The van der Waals surface area contributed by atoms with Gasteiger partial charge in [-0.3, -0.25) is 4.79 Å². The van der Waals surface area contributed by atoms with Gasteiger partial charge in [-0.25, -0.2) is 0 Å². The van der Waals surface area contributed by atoms with Gasteiger partial charge in [-0.15, -0.1) is 0 Å². The van der Waals surface area contributed by atoms with Gasteiger partial charge >= 0.3 is 6.18 Å². The van der Waals surface area contributed by atoms with Gasteiger partial charge in [0.15, 0.2) is 6.54 Å². The zero-order valence-corrected chi connectivity index (χ0v) is 15.6. The molecule has 28 heavy (non-hydrogen) atoms. The number of carbonyl (C=O) groups excluding carboxylic acids is 1. The molecule has 0 unspecified atom stereocenters. The summed E-state index contributed by atoms with van der Waals surface area (Å²) in [6.45, 7) is 2.88. The predicted octanol–water partition coefficient (Wildman–Crippen LogP) is 2.06. The number of carbonyl (C=O) groups is 1. The molecule has 2 N–H and O–H groups in total. The number of hydrogen-bond acceptors (Lipinski definition) is 3. The van der Waals surface area contributed by atoms with E-state index in [1.165, 1.54) is 12.1 Å². The molecule has 0 atom stereocenters. The van der Waals surface area contributed by atoms with E-state index in [-0.39, 0.29) is 5.91 Å². The van der Waals surface area contributed by atoms with E-state index in [9.17, 15) is 18.0 Å². The molecule has 1 fully saturated rings. The van der Waals surface area contributed by atoms with E-state index in [0.29, 0.717) is 49.8 Å². The van der Waals surface area contributed by atoms with Gasteiger partial charge in [0.2, 0.25) is 0 Å². The van der Waals surface area contributed by atoms with Crippen molar-refractivity contribution in [3.63, 3.8) is 0 Å². The summed E-state index contributed by atoms with van der Waals surface area (Å²) < 4.78 is 43.8. The number of ether oxygens (including phenoxy) is 1. The molecule has 0 radical (unpaired) electrons. The minimum Gasteiger partial charge on any atom is -0.497 e. The maximum absolute atomic E-state index is 12.9. The van der Waals surface area contributed by atoms with Crippen LogP contribution in [0.25, 0.3) is 0 Å². The van der Waals surface area contributed by atoms with Crippen LogP contribution in [0.4, 0.5) is 24.5 Å². The maximum atomic E-state index is 12.9. The Bertz CT molecular complexity index is 818. The van der Waals surface area contributed by atoms with Crippen LogP contribution in [-0.2, 0) is 11.0 Å². The average Bonchev–Trinajstić information content (AvgIpc) is 2.68. The van der Waals surface area contributed by atoms with Gasteiger partial charge in [0.1, 0.15) is 5.75 Å². The van der Waals surface area contributed by atoms with Crippen molar-refractivity contribution in [2.24, 2.45) is 0 Å². The van der Waals surface area contributed by atoms with Crippen molar-refractivity contribution >= 4 is 17.3 Å². The normalized spacial score (nSPS) is 15.4. The van der Waals surface area contributed by atoms with Gasteiger partial charge in [-0.2, -0.15) is 13.2 Å². The van der Waals surface area contributed by atoms with E-state index < -0.39 is 11.7 Å². The third-order valence-corrected chi connectivity index (χ3v) is 4.77. The van der Waals surface area contributed by atoms with Crippen LogP contribution in [0.3, 0.4) is 0 Å². The van der Waals surface area contributed by atoms with E-state index in [2.05, 4.69) is 5.32 Å². The van der Waals surface area contributed by atoms with Crippen molar-refractivity contribution in [1.82, 2.24) is 0 Å². The highest BCUT2D eigenvalue weighted by molar-refractivity contribution is 5.91. The number of piperazine rings is 1. The highest BCUT2D eigenvalue weighted by atomic mass is 19.4. The fraction of sp³-hybridized carbons (Fsp3) is 0.350. The number of nitrogens with one attached hydrogen (secondary N) is 2. The van der Waals surface area contributed by atoms with E-state index >= 15 is 0 Å². The number of methoxy groups -OCH3 is 1. The van der Waals surface area contributed by atoms with E-state index in [1.807, 2.05) is 4.90 Å². The lowest BCUT2D eigenvalue weighted by Crippen LogP contribution is -3.15. The summed E-state index contributed by atoms with van der Waals surface area (Å²) in [7, 11) is 1.56. The largest absolute Gasteiger partial charge is 0.497 e. The second-order valence-electron chi connectivity index (χ2n) is 6.74. The molecule has 5 nitrogen and oxygen atoms in total. The average molecular weight is 394 g/mol. The molecular weight excluding hydrogens is 371 g/mol. The number of benzene rings is 2. The molecule has 2 aromatic rings. The van der Waals surface area contributed by atoms with Crippen LogP contribution >= 0.6 is 0 Å². The second-order valence-corrected chi connectivity index (χ2v) is 6.74. The van der Waals surface area contributed by atoms with Crippen molar-refractivity contribution in [1.29, 1.82) is 0 Å². The van der Waals surface area contributed by atoms with E-state index in [0.717, 1.165) is 11.0 Å². The summed E-state index contributed by atoms with van der Waals surface area (Å²) in [6.07, 6.45) is -4.35. The molecule has 0 spiro atoms. The summed E-state index contributed by atoms with van der Waals surface area (Å²) in [4.78, 5) is 15.3. The van der Waals surface area contributed by atoms with Gasteiger partial charge in [-0.1, -0.05) is 12.1 Å². The first-order valence-corrected chi connectivity index (χ1v) is 9.05. The first-order chi connectivity index (χ1) is 13.3. The summed E-state index contributed by atoms with van der Waals surface area (Å²) in [5.74, 6) is 0.565. The van der Waals surface area contributed by atoms with E-state index in [4.69, 9.17) is 4.74 Å². The summed E-state index contributed by atoms with van der Waals surface area (Å²) >= 11 is 0. The van der Waals surface area contributed by atoms with Crippen molar-refractivity contribution in [2.75, 3.05) is 50.1 Å². The molecule has 1 heterocycles. The van der Waals surface area contributed by atoms with E-state index in [1.54, 1.807) is 37.4 Å². The van der Waals surface area contributed by atoms with Crippen LogP contribution in [0.5, 0.6) is 5.75 Å². The number of amides is 1. The Hall–Kier alpha value is -2.74. The standard InChI is InChI=1S/C20H22F3N3O2/c1-28-18-7-3-5-16(13-18)24-19(27)14-25-8-10-26(11-9-25)17-6-2-4-15(12-17)20(21,22)23/h2-7,12-13H,8-11,14H2,1H3,(H,24,27)/p+1. The Balaban J connectivity index is 1.52. The number of alkyl halides is 3. The molecule has 150 valence electrons. The molecule has 1 aliphatic heterocycles. The minimum atomic E-state index is -4.35. The molecule has 0 aliphatic carbocycles. The fourth-order valence-corrected chi connectivity index (χ4v) is 3.27. The number of anilines is 2. The minimum absolute atomic E-state index is 0.101. The molecule has 8 heteroatoms. The highest BCUT2D eigenvalue weighted by Crippen LogP contribution is 2.31. The highest BCUT2D eigenvalue weighted by Gasteiger charge is 2.31. The quantitative estimate of drug-likeness (QED) is 0.816.